The molecule has 2 aromatic rings. The number of ether oxygens (including phenoxy) is 2. The zero-order valence-electron chi connectivity index (χ0n) is 23.9. The average molecular weight is 618 g/mol. The lowest BCUT2D eigenvalue weighted by atomic mass is 10.1. The van der Waals surface area contributed by atoms with Gasteiger partial charge in [-0.3, -0.25) is 14.4 Å². The fourth-order valence-corrected chi connectivity index (χ4v) is 4.10. The number of alkyl halides is 3. The first-order valence-electron chi connectivity index (χ1n) is 12.7. The zero-order valence-corrected chi connectivity index (χ0v) is 24.8. The summed E-state index contributed by atoms with van der Waals surface area (Å²) in [4.78, 5) is 32.3. The Morgan fingerprint density at radius 1 is 1.24 bits per heavy atom. The van der Waals surface area contributed by atoms with Crippen molar-refractivity contribution in [2.45, 2.75) is 46.1 Å². The van der Waals surface area contributed by atoms with Gasteiger partial charge in [-0.1, -0.05) is 29.8 Å². The zero-order chi connectivity index (χ0) is 31.3. The summed E-state index contributed by atoms with van der Waals surface area (Å²) in [5.41, 5.74) is 3.23. The highest BCUT2D eigenvalue weighted by Crippen LogP contribution is 2.35. The van der Waals surface area contributed by atoms with Crippen molar-refractivity contribution < 1.29 is 47.5 Å². The molecule has 1 unspecified atom stereocenters. The Balaban J connectivity index is 0.000000528. The molecule has 16 heteroatoms. The van der Waals surface area contributed by atoms with Gasteiger partial charge in [0.1, 0.15) is 6.54 Å². The monoisotopic (exact) mass is 617 g/mol. The maximum atomic E-state index is 13.3. The number of quaternary nitrogens is 1. The number of nitrogens with two attached hydrogens (primary N) is 2. The van der Waals surface area contributed by atoms with E-state index >= 15 is 0 Å². The Labute approximate surface area is 246 Å². The second kappa shape index (κ2) is 16.9. The van der Waals surface area contributed by atoms with Crippen LogP contribution in [0.15, 0.2) is 47.4 Å². The van der Waals surface area contributed by atoms with Gasteiger partial charge in [0.05, 0.1) is 19.4 Å². The minimum Gasteiger partial charge on any atom is -0.435 e. The molecule has 0 fully saturated rings. The van der Waals surface area contributed by atoms with Gasteiger partial charge in [0.25, 0.3) is 0 Å². The van der Waals surface area contributed by atoms with E-state index < -0.39 is 24.3 Å². The summed E-state index contributed by atoms with van der Waals surface area (Å²) in [6, 6.07) is 8.37. The molecule has 1 atom stereocenters. The van der Waals surface area contributed by atoms with Crippen LogP contribution < -0.4 is 16.2 Å². The number of nitrogens with one attached hydrogen (secondary N) is 1. The number of aryl methyl sites for hydroxylation is 1. The topological polar surface area (TPSA) is 147 Å². The second-order valence-corrected chi connectivity index (χ2v) is 9.80. The fourth-order valence-electron chi connectivity index (χ4n) is 3.45. The highest BCUT2D eigenvalue weighted by molar-refractivity contribution is 8.01. The molecule has 0 bridgehead atoms. The van der Waals surface area contributed by atoms with Crippen molar-refractivity contribution in [3.8, 4) is 11.3 Å². The molecule has 0 saturated heterocycles. The van der Waals surface area contributed by atoms with Gasteiger partial charge in [-0.15, -0.1) is 10.6 Å². The van der Waals surface area contributed by atoms with Crippen molar-refractivity contribution in [3.63, 3.8) is 0 Å². The van der Waals surface area contributed by atoms with Crippen LogP contribution in [-0.2, 0) is 30.1 Å². The van der Waals surface area contributed by atoms with E-state index in [9.17, 15) is 22.8 Å². The molecule has 3 rings (SSSR count). The number of halogens is 3. The van der Waals surface area contributed by atoms with Gasteiger partial charge in [-0.2, -0.15) is 23.1 Å². The van der Waals surface area contributed by atoms with Gasteiger partial charge in [-0.05, 0) is 63.8 Å². The molecule has 0 spiro atoms. The number of hydrogen-bond donors (Lipinski definition) is 3. The molecule has 42 heavy (non-hydrogen) atoms. The van der Waals surface area contributed by atoms with Gasteiger partial charge in [0, 0.05) is 23.2 Å². The standard InChI is InChI=1S/C21H24F3N5O2S.C5H11NO4/c1-14-4-6-15(7-5-14)18-12-19(21(22,23)24)25-29(18)16-8-10-17(11-9-16)32-26-20(30)13-28(2)27-31-3;1-3-8-5(7)9-4(2)10-6/h4-8,10,12,27H,9,11,13H2,1-3H3,(H,26,30);4H,3,6H2,1-2H3/p+1. The minimum absolute atomic E-state index is 0.141. The van der Waals surface area contributed by atoms with Crippen molar-refractivity contribution in [2.75, 3.05) is 27.3 Å². The number of hydrogen-bond acceptors (Lipinski definition) is 10. The summed E-state index contributed by atoms with van der Waals surface area (Å²) in [5, 5.41) is 5.45. The first-order chi connectivity index (χ1) is 19.9. The van der Waals surface area contributed by atoms with Crippen molar-refractivity contribution in [3.05, 3.63) is 58.6 Å². The number of amides is 1. The lowest BCUT2D eigenvalue weighted by molar-refractivity contribution is -0.990. The second-order valence-electron chi connectivity index (χ2n) is 8.87. The van der Waals surface area contributed by atoms with E-state index in [1.807, 2.05) is 19.1 Å². The number of nitrogens with zero attached hydrogens (tertiary/aromatic N) is 3. The van der Waals surface area contributed by atoms with Crippen molar-refractivity contribution >= 4 is 29.7 Å². The molecular formula is C26H36F3N6O6S+. The Morgan fingerprint density at radius 3 is 2.48 bits per heavy atom. The van der Waals surface area contributed by atoms with E-state index in [1.165, 1.54) is 36.3 Å². The molecule has 1 aromatic carbocycles. The van der Waals surface area contributed by atoms with Crippen LogP contribution >= 0.6 is 11.9 Å². The smallest absolute Gasteiger partial charge is 0.435 e. The van der Waals surface area contributed by atoms with Crippen LogP contribution in [0.4, 0.5) is 18.0 Å². The maximum Gasteiger partial charge on any atom is 0.510 e. The Morgan fingerprint density at radius 2 is 1.93 bits per heavy atom. The number of benzene rings is 1. The van der Waals surface area contributed by atoms with Crippen LogP contribution in [0.5, 0.6) is 0 Å². The predicted molar refractivity (Wildman–Crippen MR) is 149 cm³/mol. The quantitative estimate of drug-likeness (QED) is 0.113. The molecule has 0 radical (unpaired) electrons. The third kappa shape index (κ3) is 11.5. The minimum atomic E-state index is -4.53. The van der Waals surface area contributed by atoms with Crippen LogP contribution in [0, 0.1) is 6.92 Å². The van der Waals surface area contributed by atoms with E-state index in [-0.39, 0.29) is 19.1 Å². The Kier molecular flexibility index (Phi) is 14.0. The molecule has 1 aliphatic carbocycles. The molecule has 1 amide bonds. The Bertz CT molecular complexity index is 1240. The average Bonchev–Trinajstić information content (AvgIpc) is 3.39. The lowest BCUT2D eigenvalue weighted by Crippen LogP contribution is -2.92. The molecule has 232 valence electrons. The maximum absolute atomic E-state index is 13.3. The first-order valence-corrected chi connectivity index (χ1v) is 13.5. The van der Waals surface area contributed by atoms with Crippen LogP contribution in [0.1, 0.15) is 37.9 Å². The summed E-state index contributed by atoms with van der Waals surface area (Å²) < 4.78 is 53.0. The first kappa shape index (κ1) is 34.8. The lowest BCUT2D eigenvalue weighted by Gasteiger charge is -2.17. The van der Waals surface area contributed by atoms with E-state index in [4.69, 9.17) is 4.84 Å². The molecule has 1 aliphatic rings. The molecule has 5 N–H and O–H groups in total. The van der Waals surface area contributed by atoms with Gasteiger partial charge in [0.15, 0.2) is 5.69 Å². The number of carbonyl (C=O) groups is 2. The third-order valence-corrected chi connectivity index (χ3v) is 6.33. The van der Waals surface area contributed by atoms with E-state index in [2.05, 4.69) is 30.0 Å². The van der Waals surface area contributed by atoms with Crippen molar-refractivity contribution in [1.29, 1.82) is 0 Å². The molecule has 0 aliphatic heterocycles. The summed E-state index contributed by atoms with van der Waals surface area (Å²) in [5.74, 6) is 4.49. The SMILES string of the molecule is CCOC(=O)OC(C)ON.CO[NH2+]N(C)CC(=O)NSC1=CC=C(n2nc(C(F)(F)F)cc2-c2ccc(C)cc2)CC1. The number of aromatic nitrogens is 2. The third-order valence-electron chi connectivity index (χ3n) is 5.40. The number of carbonyl (C=O) groups excluding carboxylic acids is 2. The van der Waals surface area contributed by atoms with Gasteiger partial charge in [0.2, 0.25) is 12.2 Å². The predicted octanol–water partition coefficient (Wildman–Crippen LogP) is 3.53. The van der Waals surface area contributed by atoms with E-state index in [1.54, 1.807) is 43.3 Å². The molecule has 12 nitrogen and oxygen atoms in total. The Hall–Kier alpha value is -3.41. The van der Waals surface area contributed by atoms with Gasteiger partial charge < -0.3 is 9.47 Å². The van der Waals surface area contributed by atoms with Gasteiger partial charge >= 0.3 is 12.3 Å². The molecule has 1 aromatic heterocycles. The van der Waals surface area contributed by atoms with E-state index in [0.717, 1.165) is 16.5 Å². The van der Waals surface area contributed by atoms with Gasteiger partial charge in [-0.25, -0.2) is 15.4 Å². The molecule has 0 saturated carbocycles. The van der Waals surface area contributed by atoms with Crippen LogP contribution in [-0.4, -0.2) is 60.5 Å². The van der Waals surface area contributed by atoms with Crippen molar-refractivity contribution in [1.82, 2.24) is 19.5 Å². The largest absolute Gasteiger partial charge is 0.510 e. The summed E-state index contributed by atoms with van der Waals surface area (Å²) >= 11 is 1.20. The number of rotatable bonds is 11. The highest BCUT2D eigenvalue weighted by Gasteiger charge is 2.35. The normalized spacial score (nSPS) is 13.9. The van der Waals surface area contributed by atoms with Crippen molar-refractivity contribution in [2.24, 2.45) is 5.90 Å². The highest BCUT2D eigenvalue weighted by atomic mass is 32.2. The summed E-state index contributed by atoms with van der Waals surface area (Å²) in [7, 11) is 3.22. The van der Waals surface area contributed by atoms with Crippen LogP contribution in [0.25, 0.3) is 17.0 Å². The molecular weight excluding hydrogens is 581 g/mol. The number of likely N-dealkylation sites (N-methyl/N-ethyl adjacent to an activating group) is 1. The summed E-state index contributed by atoms with van der Waals surface area (Å²) in [6.07, 6.45) is -1.47. The number of allylic oxidation sites excluding steroid dienone is 4. The van der Waals surface area contributed by atoms with E-state index in [0.29, 0.717) is 29.8 Å². The fraction of sp³-hybridized carbons (Fsp3) is 0.423. The van der Waals surface area contributed by atoms with Crippen LogP contribution in [0.2, 0.25) is 0 Å². The molecule has 1 heterocycles. The van der Waals surface area contributed by atoms with Crippen LogP contribution in [0.3, 0.4) is 0 Å². The summed E-state index contributed by atoms with van der Waals surface area (Å²) in [6.45, 7) is 5.49.